The lowest BCUT2D eigenvalue weighted by Crippen LogP contribution is -2.30. The minimum absolute atomic E-state index is 0.0797. The number of halogens is 3. The molecule has 0 spiro atoms. The van der Waals surface area contributed by atoms with Crippen LogP contribution in [0.2, 0.25) is 0 Å². The number of amides is 1. The Kier molecular flexibility index (Phi) is 6.91. The van der Waals surface area contributed by atoms with Crippen molar-refractivity contribution in [3.05, 3.63) is 53.6 Å². The Hall–Kier alpha value is -2.59. The van der Waals surface area contributed by atoms with Gasteiger partial charge in [-0.1, -0.05) is 19.9 Å². The number of hydrogen-bond acceptors (Lipinski definition) is 4. The molecule has 0 saturated heterocycles. The highest BCUT2D eigenvalue weighted by Crippen LogP contribution is 2.31. The molecule has 2 aromatic carbocycles. The fourth-order valence-electron chi connectivity index (χ4n) is 2.71. The Morgan fingerprint density at radius 2 is 1.76 bits per heavy atom. The number of sulfonamides is 1. The van der Waals surface area contributed by atoms with Crippen LogP contribution in [0.25, 0.3) is 0 Å². The number of methoxy groups -OCH3 is 1. The van der Waals surface area contributed by atoms with Crippen molar-refractivity contribution >= 4 is 21.6 Å². The van der Waals surface area contributed by atoms with E-state index in [2.05, 4.69) is 5.32 Å². The highest BCUT2D eigenvalue weighted by Gasteiger charge is 2.30. The fraction of sp³-hybridized carbons (Fsp3) is 0.316. The number of benzene rings is 2. The monoisotopic (exact) mass is 430 g/mol. The summed E-state index contributed by atoms with van der Waals surface area (Å²) in [6.45, 7) is 3.87. The number of alkyl halides is 3. The smallest absolute Gasteiger partial charge is 0.416 e. The molecule has 0 aliphatic carbocycles. The second kappa shape index (κ2) is 8.83. The lowest BCUT2D eigenvalue weighted by atomic mass is 10.1. The third-order valence-electron chi connectivity index (χ3n) is 4.21. The molecule has 158 valence electrons. The zero-order chi connectivity index (χ0) is 21.8. The first-order chi connectivity index (χ1) is 13.5. The molecular weight excluding hydrogens is 409 g/mol. The van der Waals surface area contributed by atoms with Gasteiger partial charge in [-0.05, 0) is 36.4 Å². The lowest BCUT2D eigenvalue weighted by molar-refractivity contribution is -0.137. The van der Waals surface area contributed by atoms with Crippen LogP contribution in [0.3, 0.4) is 0 Å². The topological polar surface area (TPSA) is 75.7 Å². The van der Waals surface area contributed by atoms with Crippen molar-refractivity contribution < 1.29 is 31.1 Å². The molecule has 0 saturated carbocycles. The summed E-state index contributed by atoms with van der Waals surface area (Å²) in [5, 5.41) is 2.35. The van der Waals surface area contributed by atoms with Crippen molar-refractivity contribution in [1.29, 1.82) is 0 Å². The molecule has 0 heterocycles. The summed E-state index contributed by atoms with van der Waals surface area (Å²) < 4.78 is 70.4. The van der Waals surface area contributed by atoms with Gasteiger partial charge in [-0.2, -0.15) is 17.5 Å². The maximum atomic E-state index is 12.9. The van der Waals surface area contributed by atoms with Gasteiger partial charge in [0.05, 0.1) is 23.1 Å². The van der Waals surface area contributed by atoms with Gasteiger partial charge in [-0.3, -0.25) is 4.79 Å². The van der Waals surface area contributed by atoms with Gasteiger partial charge in [-0.25, -0.2) is 8.42 Å². The minimum atomic E-state index is -4.56. The Bertz CT molecular complexity index is 987. The van der Waals surface area contributed by atoms with E-state index < -0.39 is 27.7 Å². The van der Waals surface area contributed by atoms with Crippen LogP contribution in [0, 0.1) is 0 Å². The Morgan fingerprint density at radius 1 is 1.10 bits per heavy atom. The van der Waals surface area contributed by atoms with E-state index in [4.69, 9.17) is 4.74 Å². The van der Waals surface area contributed by atoms with E-state index in [0.29, 0.717) is 0 Å². The van der Waals surface area contributed by atoms with E-state index in [9.17, 15) is 26.4 Å². The van der Waals surface area contributed by atoms with Crippen molar-refractivity contribution in [2.75, 3.05) is 25.5 Å². The number of nitrogens with zero attached hydrogens (tertiary/aromatic N) is 1. The number of carbonyl (C=O) groups excluding carboxylic acids is 1. The summed E-state index contributed by atoms with van der Waals surface area (Å²) in [4.78, 5) is 12.5. The average Bonchev–Trinajstić information content (AvgIpc) is 2.67. The molecule has 0 atom stereocenters. The Balaban J connectivity index is 2.42. The van der Waals surface area contributed by atoms with Crippen LogP contribution in [-0.4, -0.2) is 38.8 Å². The summed E-state index contributed by atoms with van der Waals surface area (Å²) in [6, 6.07) is 7.93. The first-order valence-electron chi connectivity index (χ1n) is 8.71. The van der Waals surface area contributed by atoms with Crippen molar-refractivity contribution in [2.45, 2.75) is 24.9 Å². The average molecular weight is 430 g/mol. The van der Waals surface area contributed by atoms with Gasteiger partial charge in [0.2, 0.25) is 10.0 Å². The number of carbonyl (C=O) groups is 1. The van der Waals surface area contributed by atoms with E-state index in [1.54, 1.807) is 13.8 Å². The Labute approximate surface area is 167 Å². The van der Waals surface area contributed by atoms with E-state index in [-0.39, 0.29) is 35.0 Å². The third kappa shape index (κ3) is 5.07. The number of anilines is 1. The molecule has 2 rings (SSSR count). The van der Waals surface area contributed by atoms with Crippen molar-refractivity contribution in [3.63, 3.8) is 0 Å². The van der Waals surface area contributed by atoms with E-state index in [1.165, 1.54) is 29.6 Å². The maximum absolute atomic E-state index is 12.9. The molecule has 2 aromatic rings. The number of hydrogen-bond donors (Lipinski definition) is 1. The summed E-state index contributed by atoms with van der Waals surface area (Å²) in [5.41, 5.74) is -1.11. The maximum Gasteiger partial charge on any atom is 0.416 e. The molecule has 0 radical (unpaired) electrons. The van der Waals surface area contributed by atoms with Crippen LogP contribution < -0.4 is 10.1 Å². The van der Waals surface area contributed by atoms with Crippen LogP contribution in [0.4, 0.5) is 18.9 Å². The van der Waals surface area contributed by atoms with E-state index in [1.807, 2.05) is 0 Å². The Morgan fingerprint density at radius 3 is 2.31 bits per heavy atom. The first kappa shape index (κ1) is 22.7. The van der Waals surface area contributed by atoms with Gasteiger partial charge in [-0.15, -0.1) is 0 Å². The number of rotatable bonds is 7. The molecule has 10 heteroatoms. The quantitative estimate of drug-likeness (QED) is 0.721. The van der Waals surface area contributed by atoms with Crippen LogP contribution in [-0.2, 0) is 16.2 Å². The summed E-state index contributed by atoms with van der Waals surface area (Å²) in [5.74, 6) is -0.703. The van der Waals surface area contributed by atoms with Crippen LogP contribution >= 0.6 is 0 Å². The molecule has 0 bridgehead atoms. The van der Waals surface area contributed by atoms with Crippen molar-refractivity contribution in [2.24, 2.45) is 0 Å². The van der Waals surface area contributed by atoms with Crippen LogP contribution in [0.5, 0.6) is 5.75 Å². The molecule has 6 nitrogen and oxygen atoms in total. The molecular formula is C19H21F3N2O4S. The van der Waals surface area contributed by atoms with Crippen molar-refractivity contribution in [1.82, 2.24) is 4.31 Å². The molecule has 1 amide bonds. The number of ether oxygens (including phenoxy) is 1. The number of nitrogens with one attached hydrogen (secondary N) is 1. The predicted molar refractivity (Wildman–Crippen MR) is 102 cm³/mol. The highest BCUT2D eigenvalue weighted by molar-refractivity contribution is 7.89. The van der Waals surface area contributed by atoms with Gasteiger partial charge in [0.1, 0.15) is 5.75 Å². The van der Waals surface area contributed by atoms with Gasteiger partial charge in [0, 0.05) is 18.8 Å². The molecule has 0 aliphatic heterocycles. The first-order valence-corrected chi connectivity index (χ1v) is 10.1. The molecule has 0 aromatic heterocycles. The van der Waals surface area contributed by atoms with Gasteiger partial charge in [0.25, 0.3) is 5.91 Å². The summed E-state index contributed by atoms with van der Waals surface area (Å²) in [7, 11) is -2.53. The van der Waals surface area contributed by atoms with Gasteiger partial charge in [0.15, 0.2) is 0 Å². The summed E-state index contributed by atoms with van der Waals surface area (Å²) >= 11 is 0. The zero-order valence-corrected chi connectivity index (χ0v) is 16.9. The molecule has 1 N–H and O–H groups in total. The molecule has 0 unspecified atom stereocenters. The van der Waals surface area contributed by atoms with E-state index >= 15 is 0 Å². The normalized spacial score (nSPS) is 12.1. The highest BCUT2D eigenvalue weighted by atomic mass is 32.2. The minimum Gasteiger partial charge on any atom is -0.496 e. The predicted octanol–water partition coefficient (Wildman–Crippen LogP) is 4.00. The van der Waals surface area contributed by atoms with Crippen molar-refractivity contribution in [3.8, 4) is 5.75 Å². The van der Waals surface area contributed by atoms with E-state index in [0.717, 1.165) is 24.3 Å². The standard InChI is InChI=1S/C19H21F3N2O4S/c1-4-24(5-2)29(26,27)15-9-10-17(28-3)16(12-15)18(25)23-14-8-6-7-13(11-14)19(20,21)22/h6-12H,4-5H2,1-3H3,(H,23,25). The second-order valence-corrected chi connectivity index (χ2v) is 7.92. The molecule has 29 heavy (non-hydrogen) atoms. The fourth-order valence-corrected chi connectivity index (χ4v) is 4.19. The SMILES string of the molecule is CCN(CC)S(=O)(=O)c1ccc(OC)c(C(=O)Nc2cccc(C(F)(F)F)c2)c1. The zero-order valence-electron chi connectivity index (χ0n) is 16.1. The lowest BCUT2D eigenvalue weighted by Gasteiger charge is -2.19. The third-order valence-corrected chi connectivity index (χ3v) is 6.25. The summed E-state index contributed by atoms with van der Waals surface area (Å²) in [6.07, 6.45) is -4.56. The largest absolute Gasteiger partial charge is 0.496 e. The van der Waals surface area contributed by atoms with Crippen LogP contribution in [0.15, 0.2) is 47.4 Å². The van der Waals surface area contributed by atoms with Gasteiger partial charge < -0.3 is 10.1 Å². The second-order valence-electron chi connectivity index (χ2n) is 5.98. The molecule has 0 fully saturated rings. The van der Waals surface area contributed by atoms with Crippen LogP contribution in [0.1, 0.15) is 29.8 Å². The molecule has 0 aliphatic rings. The van der Waals surface area contributed by atoms with Gasteiger partial charge >= 0.3 is 6.18 Å².